The summed E-state index contributed by atoms with van der Waals surface area (Å²) in [6.07, 6.45) is 1.67. The molecule has 0 atom stereocenters. The number of aliphatic imine (C=N–C) groups is 1. The lowest BCUT2D eigenvalue weighted by Crippen LogP contribution is -2.28. The number of hydrogen-bond acceptors (Lipinski definition) is 8. The van der Waals surface area contributed by atoms with Gasteiger partial charge >= 0.3 is 0 Å². The summed E-state index contributed by atoms with van der Waals surface area (Å²) < 4.78 is 5.01. The summed E-state index contributed by atoms with van der Waals surface area (Å²) in [5.41, 5.74) is 1.11. The highest BCUT2D eigenvalue weighted by Gasteiger charge is 2.30. The molecule has 0 spiro atoms. The summed E-state index contributed by atoms with van der Waals surface area (Å²) in [5, 5.41) is 21.8. The Hall–Kier alpha value is -3.59. The molecule has 29 heavy (non-hydrogen) atoms. The summed E-state index contributed by atoms with van der Waals surface area (Å²) in [5.74, 6) is -2.50. The molecule has 0 bridgehead atoms. The Kier molecular flexibility index (Phi) is 5.99. The van der Waals surface area contributed by atoms with Crippen molar-refractivity contribution in [1.82, 2.24) is 4.90 Å². The fraction of sp³-hybridized carbons (Fsp3) is 0.100. The number of likely N-dealkylation sites (N-methyl/N-ethyl adjacent to an activating group) is 1. The summed E-state index contributed by atoms with van der Waals surface area (Å²) in [7, 11) is 1.58. The van der Waals surface area contributed by atoms with Gasteiger partial charge in [-0.25, -0.2) is 4.99 Å². The lowest BCUT2D eigenvalue weighted by atomic mass is 10.2. The van der Waals surface area contributed by atoms with E-state index in [0.717, 1.165) is 17.3 Å². The number of ether oxygens (including phenoxy) is 1. The van der Waals surface area contributed by atoms with Crippen molar-refractivity contribution in [3.8, 4) is 5.75 Å². The van der Waals surface area contributed by atoms with Crippen molar-refractivity contribution in [3.05, 3.63) is 64.6 Å². The number of amides is 1. The van der Waals surface area contributed by atoms with Gasteiger partial charge in [-0.2, -0.15) is 0 Å². The lowest BCUT2D eigenvalue weighted by molar-refractivity contribution is -0.307. The van der Waals surface area contributed by atoms with E-state index in [1.807, 2.05) is 0 Å². The number of rotatable bonds is 6. The van der Waals surface area contributed by atoms with Crippen LogP contribution in [0.5, 0.6) is 5.75 Å². The zero-order valence-corrected chi connectivity index (χ0v) is 16.0. The zero-order valence-electron chi connectivity index (χ0n) is 15.2. The van der Waals surface area contributed by atoms with Crippen LogP contribution in [0.1, 0.15) is 15.9 Å². The van der Waals surface area contributed by atoms with E-state index >= 15 is 0 Å². The van der Waals surface area contributed by atoms with Gasteiger partial charge in [0.2, 0.25) is 0 Å². The van der Waals surface area contributed by atoms with Crippen LogP contribution >= 0.6 is 11.8 Å². The molecule has 8 nitrogen and oxygen atoms in total. The number of carbonyl (C=O) groups excluding carboxylic acids is 3. The van der Waals surface area contributed by atoms with Crippen molar-refractivity contribution >= 4 is 46.5 Å². The molecular formula is C20H14N2O6S-2. The maximum atomic E-state index is 12.5. The van der Waals surface area contributed by atoms with Crippen molar-refractivity contribution < 1.29 is 29.3 Å². The van der Waals surface area contributed by atoms with E-state index < -0.39 is 18.5 Å². The average Bonchev–Trinajstić information content (AvgIpc) is 2.95. The topological polar surface area (TPSA) is 122 Å². The van der Waals surface area contributed by atoms with Crippen LogP contribution in [0.15, 0.2) is 58.4 Å². The monoisotopic (exact) mass is 410 g/mol. The normalized spacial score (nSPS) is 16.4. The number of nitrogens with zero attached hydrogens (tertiary/aromatic N) is 2. The number of hydrogen-bond donors (Lipinski definition) is 0. The summed E-state index contributed by atoms with van der Waals surface area (Å²) in [4.78, 5) is 40.0. The third kappa shape index (κ3) is 5.02. The van der Waals surface area contributed by atoms with Crippen LogP contribution in [0.3, 0.4) is 0 Å². The van der Waals surface area contributed by atoms with E-state index in [4.69, 9.17) is 4.74 Å². The Morgan fingerprint density at radius 1 is 1.17 bits per heavy atom. The minimum Gasteiger partial charge on any atom is -0.546 e. The van der Waals surface area contributed by atoms with Crippen LogP contribution in [-0.2, 0) is 9.59 Å². The van der Waals surface area contributed by atoms with Gasteiger partial charge in [0, 0.05) is 7.05 Å². The molecule has 3 rings (SSSR count). The summed E-state index contributed by atoms with van der Waals surface area (Å²) >= 11 is 1.16. The molecule has 2 aromatic rings. The molecule has 0 saturated carbocycles. The molecule has 2 aromatic carbocycles. The van der Waals surface area contributed by atoms with Gasteiger partial charge in [0.15, 0.2) is 5.17 Å². The molecule has 0 unspecified atom stereocenters. The zero-order chi connectivity index (χ0) is 21.0. The highest BCUT2D eigenvalue weighted by atomic mass is 32.2. The van der Waals surface area contributed by atoms with E-state index in [2.05, 4.69) is 4.99 Å². The number of thioether (sulfide) groups is 1. The minimum absolute atomic E-state index is 0.000537. The highest BCUT2D eigenvalue weighted by molar-refractivity contribution is 8.18. The second-order valence-corrected chi connectivity index (χ2v) is 6.95. The van der Waals surface area contributed by atoms with E-state index in [0.29, 0.717) is 21.5 Å². The highest BCUT2D eigenvalue weighted by Crippen LogP contribution is 2.33. The Labute approximate surface area is 170 Å². The van der Waals surface area contributed by atoms with Crippen molar-refractivity contribution in [2.75, 3.05) is 13.7 Å². The van der Waals surface area contributed by atoms with Gasteiger partial charge in [-0.3, -0.25) is 9.69 Å². The first-order valence-electron chi connectivity index (χ1n) is 8.34. The Balaban J connectivity index is 1.78. The molecule has 1 amide bonds. The van der Waals surface area contributed by atoms with Gasteiger partial charge in [0.25, 0.3) is 5.91 Å². The number of benzene rings is 2. The standard InChI is InChI=1S/C20H16N2O6S/c1-22-18(25)16(9-12-5-7-15(8-6-12)28-11-17(23)24)29-20(22)21-14-4-2-3-13(10-14)19(26)27/h2-10H,11H2,1H3,(H,23,24)(H,26,27)/p-2/b16-9-,21-20?. The Morgan fingerprint density at radius 3 is 2.55 bits per heavy atom. The Bertz CT molecular complexity index is 1030. The van der Waals surface area contributed by atoms with Crippen LogP contribution < -0.4 is 14.9 Å². The van der Waals surface area contributed by atoms with Crippen LogP contribution in [-0.4, -0.2) is 41.6 Å². The van der Waals surface area contributed by atoms with E-state index in [1.54, 1.807) is 49.5 Å². The van der Waals surface area contributed by atoms with Gasteiger partial charge in [-0.05, 0) is 53.2 Å². The van der Waals surface area contributed by atoms with Gasteiger partial charge in [0.1, 0.15) is 12.4 Å². The number of amidine groups is 1. The molecule has 1 saturated heterocycles. The predicted molar refractivity (Wildman–Crippen MR) is 103 cm³/mol. The maximum absolute atomic E-state index is 12.5. The van der Waals surface area contributed by atoms with Crippen LogP contribution in [0.4, 0.5) is 5.69 Å². The Morgan fingerprint density at radius 2 is 1.90 bits per heavy atom. The largest absolute Gasteiger partial charge is 0.546 e. The number of carboxylic acids is 2. The second kappa shape index (κ2) is 8.61. The third-order valence-electron chi connectivity index (χ3n) is 3.84. The molecule has 9 heteroatoms. The molecule has 0 aliphatic carbocycles. The average molecular weight is 410 g/mol. The molecule has 1 heterocycles. The SMILES string of the molecule is CN1C(=O)/C(=C/c2ccc(OCC(=O)[O-])cc2)SC1=Nc1cccc(C(=O)[O-])c1. The molecule has 0 radical (unpaired) electrons. The van der Waals surface area contributed by atoms with Crippen molar-refractivity contribution in [1.29, 1.82) is 0 Å². The molecule has 1 aliphatic heterocycles. The second-order valence-electron chi connectivity index (χ2n) is 5.94. The number of carbonyl (C=O) groups is 3. The number of aromatic carboxylic acids is 1. The quantitative estimate of drug-likeness (QED) is 0.632. The molecular weight excluding hydrogens is 396 g/mol. The summed E-state index contributed by atoms with van der Waals surface area (Å²) in [6.45, 7) is -0.543. The molecule has 0 N–H and O–H groups in total. The van der Waals surface area contributed by atoms with Gasteiger partial charge in [0.05, 0.1) is 22.5 Å². The molecule has 1 aliphatic rings. The first-order chi connectivity index (χ1) is 13.8. The van der Waals surface area contributed by atoms with Crippen molar-refractivity contribution in [2.24, 2.45) is 4.99 Å². The molecule has 1 fully saturated rings. The van der Waals surface area contributed by atoms with Crippen molar-refractivity contribution in [3.63, 3.8) is 0 Å². The van der Waals surface area contributed by atoms with Gasteiger partial charge in [-0.1, -0.05) is 24.3 Å². The van der Waals surface area contributed by atoms with E-state index in [-0.39, 0.29) is 11.5 Å². The van der Waals surface area contributed by atoms with Crippen LogP contribution in [0, 0.1) is 0 Å². The molecule has 0 aromatic heterocycles. The van der Waals surface area contributed by atoms with Gasteiger partial charge < -0.3 is 24.5 Å². The lowest BCUT2D eigenvalue weighted by Gasteiger charge is -2.08. The minimum atomic E-state index is -1.32. The van der Waals surface area contributed by atoms with Crippen molar-refractivity contribution in [2.45, 2.75) is 0 Å². The fourth-order valence-corrected chi connectivity index (χ4v) is 3.41. The van der Waals surface area contributed by atoms with Gasteiger partial charge in [-0.15, -0.1) is 0 Å². The third-order valence-corrected chi connectivity index (χ3v) is 4.90. The fourth-order valence-electron chi connectivity index (χ4n) is 2.42. The number of carboxylic acid groups (broad SMARTS) is 2. The smallest absolute Gasteiger partial charge is 0.266 e. The van der Waals surface area contributed by atoms with E-state index in [1.165, 1.54) is 17.0 Å². The van der Waals surface area contributed by atoms with E-state index in [9.17, 15) is 24.6 Å². The first-order valence-corrected chi connectivity index (χ1v) is 9.15. The maximum Gasteiger partial charge on any atom is 0.266 e. The number of aliphatic carboxylic acids is 1. The summed E-state index contributed by atoms with van der Waals surface area (Å²) in [6, 6.07) is 12.5. The first kappa shape index (κ1) is 20.2. The van der Waals surface area contributed by atoms with Crippen LogP contribution in [0.2, 0.25) is 0 Å². The predicted octanol–water partition coefficient (Wildman–Crippen LogP) is 0.413. The van der Waals surface area contributed by atoms with Crippen LogP contribution in [0.25, 0.3) is 6.08 Å². The molecule has 148 valence electrons.